The van der Waals surface area contributed by atoms with Gasteiger partial charge in [-0.1, -0.05) is 19.1 Å². The predicted molar refractivity (Wildman–Crippen MR) is 83.2 cm³/mol. The van der Waals surface area contributed by atoms with Crippen molar-refractivity contribution in [2.24, 2.45) is 29.1 Å². The van der Waals surface area contributed by atoms with E-state index >= 15 is 0 Å². The van der Waals surface area contributed by atoms with Gasteiger partial charge in [-0.15, -0.1) is 0 Å². The zero-order valence-electron chi connectivity index (χ0n) is 14.4. The zero-order valence-corrected chi connectivity index (χ0v) is 15.2. The molecule has 0 amide bonds. The molecule has 0 aromatic carbocycles. The van der Waals surface area contributed by atoms with Crippen molar-refractivity contribution in [3.8, 4) is 0 Å². The molecule has 152 valence electrons. The molecular formula is C16H19F2O8S-. The Morgan fingerprint density at radius 2 is 1.70 bits per heavy atom. The Hall–Kier alpha value is -1.59. The third-order valence-electron chi connectivity index (χ3n) is 5.22. The normalized spacial score (nSPS) is 31.4. The molecule has 0 aromatic heterocycles. The number of fused-ring (bicyclic) bond motifs is 2. The van der Waals surface area contributed by atoms with Crippen LogP contribution in [0, 0.1) is 29.1 Å². The first-order valence-electron chi connectivity index (χ1n) is 8.36. The van der Waals surface area contributed by atoms with E-state index in [2.05, 4.69) is 4.74 Å². The lowest BCUT2D eigenvalue weighted by molar-refractivity contribution is -0.175. The van der Waals surface area contributed by atoms with Crippen LogP contribution in [0.2, 0.25) is 0 Å². The van der Waals surface area contributed by atoms with Crippen LogP contribution in [-0.4, -0.2) is 56.6 Å². The average molecular weight is 409 g/mol. The summed E-state index contributed by atoms with van der Waals surface area (Å²) in [7, 11) is -5.96. The van der Waals surface area contributed by atoms with E-state index in [1.165, 1.54) is 0 Å². The van der Waals surface area contributed by atoms with Crippen molar-refractivity contribution < 1.29 is 45.6 Å². The Morgan fingerprint density at radius 1 is 1.19 bits per heavy atom. The first-order valence-corrected chi connectivity index (χ1v) is 9.77. The SMILES string of the molecule is CC1(COC(=O)C2C3C=CC(C3)C2C(=O)OCC(F)(F)S(=O)(=O)[O-])COC1. The van der Waals surface area contributed by atoms with Crippen LogP contribution >= 0.6 is 0 Å². The maximum Gasteiger partial charge on any atom is 0.367 e. The van der Waals surface area contributed by atoms with Gasteiger partial charge in [-0.25, -0.2) is 8.42 Å². The van der Waals surface area contributed by atoms with E-state index in [1.807, 2.05) is 6.92 Å². The lowest BCUT2D eigenvalue weighted by atomic mass is 9.83. The molecule has 8 nitrogen and oxygen atoms in total. The Kier molecular flexibility index (Phi) is 5.06. The molecule has 4 atom stereocenters. The molecule has 0 aromatic rings. The molecule has 1 heterocycles. The summed E-state index contributed by atoms with van der Waals surface area (Å²) >= 11 is 0. The molecule has 2 aliphatic carbocycles. The standard InChI is InChI=1S/C16H20F2O8S/c1-15(5-24-6-15)7-25-13(19)11-9-2-3-10(4-9)12(11)14(20)26-8-16(17,18)27(21,22)23/h2-3,9-12H,4-8H2,1H3,(H,21,22,23)/p-1. The van der Waals surface area contributed by atoms with Crippen LogP contribution in [-0.2, 0) is 33.9 Å². The number of allylic oxidation sites excluding steroid dienone is 2. The van der Waals surface area contributed by atoms with Crippen LogP contribution in [0.1, 0.15) is 13.3 Å². The number of halogens is 2. The molecule has 27 heavy (non-hydrogen) atoms. The number of carbonyl (C=O) groups is 2. The van der Waals surface area contributed by atoms with Gasteiger partial charge in [0.05, 0.1) is 25.0 Å². The number of hydrogen-bond donors (Lipinski definition) is 0. The van der Waals surface area contributed by atoms with Crippen LogP contribution in [0.3, 0.4) is 0 Å². The van der Waals surface area contributed by atoms with Gasteiger partial charge in [0.15, 0.2) is 16.7 Å². The molecule has 0 radical (unpaired) electrons. The number of ether oxygens (including phenoxy) is 3. The number of rotatable bonds is 7. The molecule has 11 heteroatoms. The van der Waals surface area contributed by atoms with Gasteiger partial charge in [0.2, 0.25) is 0 Å². The van der Waals surface area contributed by atoms with E-state index in [1.54, 1.807) is 12.2 Å². The predicted octanol–water partition coefficient (Wildman–Crippen LogP) is 0.686. The molecule has 2 bridgehead atoms. The second-order valence-electron chi connectivity index (χ2n) is 7.61. The first kappa shape index (κ1) is 20.2. The van der Waals surface area contributed by atoms with Crippen molar-refractivity contribution in [3.63, 3.8) is 0 Å². The highest BCUT2D eigenvalue weighted by Gasteiger charge is 2.54. The van der Waals surface area contributed by atoms with E-state index in [-0.39, 0.29) is 23.9 Å². The van der Waals surface area contributed by atoms with Gasteiger partial charge < -0.3 is 18.8 Å². The van der Waals surface area contributed by atoms with Crippen molar-refractivity contribution in [1.29, 1.82) is 0 Å². The van der Waals surface area contributed by atoms with Gasteiger partial charge in [0.25, 0.3) is 0 Å². The van der Waals surface area contributed by atoms with E-state index in [0.29, 0.717) is 19.6 Å². The van der Waals surface area contributed by atoms with Gasteiger partial charge >= 0.3 is 17.2 Å². The number of hydrogen-bond acceptors (Lipinski definition) is 8. The van der Waals surface area contributed by atoms with Gasteiger partial charge in [0, 0.05) is 5.41 Å². The van der Waals surface area contributed by atoms with Crippen LogP contribution in [0.25, 0.3) is 0 Å². The van der Waals surface area contributed by atoms with Crippen LogP contribution in [0.4, 0.5) is 8.78 Å². The van der Waals surface area contributed by atoms with Gasteiger partial charge in [-0.3, -0.25) is 9.59 Å². The fraction of sp³-hybridized carbons (Fsp3) is 0.750. The van der Waals surface area contributed by atoms with Gasteiger partial charge in [-0.05, 0) is 18.3 Å². The molecule has 0 N–H and O–H groups in total. The first-order chi connectivity index (χ1) is 12.4. The van der Waals surface area contributed by atoms with E-state index in [0.717, 1.165) is 0 Å². The van der Waals surface area contributed by atoms with Crippen molar-refractivity contribution >= 4 is 22.1 Å². The quantitative estimate of drug-likeness (QED) is 0.342. The Balaban J connectivity index is 1.64. The monoisotopic (exact) mass is 409 g/mol. The second kappa shape index (κ2) is 6.78. The van der Waals surface area contributed by atoms with Gasteiger partial charge in [0.1, 0.15) is 6.61 Å². The number of carbonyl (C=O) groups excluding carboxylic acids is 2. The summed E-state index contributed by atoms with van der Waals surface area (Å²) in [5.41, 5.74) is -0.288. The topological polar surface area (TPSA) is 119 Å². The largest absolute Gasteiger partial charge is 0.743 e. The van der Waals surface area contributed by atoms with E-state index in [9.17, 15) is 31.3 Å². The smallest absolute Gasteiger partial charge is 0.367 e. The summed E-state index contributed by atoms with van der Waals surface area (Å²) in [5, 5.41) is -4.73. The highest BCUT2D eigenvalue weighted by Crippen LogP contribution is 2.49. The highest BCUT2D eigenvalue weighted by molar-refractivity contribution is 7.86. The zero-order chi connectivity index (χ0) is 20.0. The summed E-state index contributed by atoms with van der Waals surface area (Å²) < 4.78 is 72.8. The lowest BCUT2D eigenvalue weighted by Gasteiger charge is -2.37. The highest BCUT2D eigenvalue weighted by atomic mass is 32.2. The van der Waals surface area contributed by atoms with Crippen molar-refractivity contribution in [3.05, 3.63) is 12.2 Å². The van der Waals surface area contributed by atoms with Crippen LogP contribution < -0.4 is 0 Å². The molecule has 2 fully saturated rings. The van der Waals surface area contributed by atoms with Crippen LogP contribution in [0.15, 0.2) is 12.2 Å². The molecule has 1 saturated heterocycles. The minimum atomic E-state index is -5.96. The molecule has 4 unspecified atom stereocenters. The minimum Gasteiger partial charge on any atom is -0.743 e. The van der Waals surface area contributed by atoms with Crippen LogP contribution in [0.5, 0.6) is 0 Å². The molecule has 1 saturated carbocycles. The van der Waals surface area contributed by atoms with Crippen molar-refractivity contribution in [1.82, 2.24) is 0 Å². The summed E-state index contributed by atoms with van der Waals surface area (Å²) in [5.74, 6) is -4.40. The Morgan fingerprint density at radius 3 is 2.15 bits per heavy atom. The third-order valence-corrected chi connectivity index (χ3v) is 6.07. The van der Waals surface area contributed by atoms with Crippen molar-refractivity contribution in [2.75, 3.05) is 26.4 Å². The maximum absolute atomic E-state index is 13.2. The average Bonchev–Trinajstić information content (AvgIpc) is 3.15. The molecular weight excluding hydrogens is 390 g/mol. The summed E-state index contributed by atoms with van der Waals surface area (Å²) in [4.78, 5) is 24.8. The Labute approximate surface area is 154 Å². The number of esters is 2. The summed E-state index contributed by atoms with van der Waals surface area (Å²) in [6.45, 7) is 0.994. The molecule has 3 aliphatic rings. The number of alkyl halides is 2. The Bertz CT molecular complexity index is 758. The van der Waals surface area contributed by atoms with E-state index < -0.39 is 45.8 Å². The maximum atomic E-state index is 13.2. The van der Waals surface area contributed by atoms with E-state index in [4.69, 9.17) is 9.47 Å². The summed E-state index contributed by atoms with van der Waals surface area (Å²) in [6.07, 6.45) is 3.94. The second-order valence-corrected chi connectivity index (χ2v) is 9.12. The lowest BCUT2D eigenvalue weighted by Crippen LogP contribution is -2.45. The van der Waals surface area contributed by atoms with Crippen molar-refractivity contribution in [2.45, 2.75) is 18.6 Å². The minimum absolute atomic E-state index is 0.109. The fourth-order valence-corrected chi connectivity index (χ4v) is 3.87. The third kappa shape index (κ3) is 3.85. The van der Waals surface area contributed by atoms with Gasteiger partial charge in [-0.2, -0.15) is 8.78 Å². The molecule has 1 aliphatic heterocycles. The fourth-order valence-electron chi connectivity index (χ4n) is 3.66. The molecule has 3 rings (SSSR count). The summed E-state index contributed by atoms with van der Waals surface area (Å²) in [6, 6.07) is 0. The molecule has 0 spiro atoms.